The van der Waals surface area contributed by atoms with Crippen LogP contribution >= 0.6 is 24.0 Å². The lowest BCUT2D eigenvalue weighted by molar-refractivity contribution is -0.121. The normalized spacial score (nSPS) is 17.9. The second-order valence-corrected chi connectivity index (χ2v) is 7.18. The summed E-state index contributed by atoms with van der Waals surface area (Å²) < 4.78 is 0. The highest BCUT2D eigenvalue weighted by Crippen LogP contribution is 2.23. The van der Waals surface area contributed by atoms with Crippen LogP contribution in [0.2, 0.25) is 5.02 Å². The maximum atomic E-state index is 12.0. The van der Waals surface area contributed by atoms with Crippen LogP contribution in [-0.2, 0) is 11.2 Å². The number of hydrogen-bond donors (Lipinski definition) is 2. The Balaban J connectivity index is 0.00000242. The van der Waals surface area contributed by atoms with Gasteiger partial charge in [0.05, 0.1) is 0 Å². The van der Waals surface area contributed by atoms with E-state index < -0.39 is 0 Å². The quantitative estimate of drug-likeness (QED) is 0.827. The second-order valence-electron chi connectivity index (χ2n) is 6.75. The molecular weight excluding hydrogens is 319 g/mol. The first-order chi connectivity index (χ1) is 9.94. The topological polar surface area (TPSA) is 41.1 Å². The Bertz CT molecular complexity index is 485. The third kappa shape index (κ3) is 6.55. The average molecular weight is 345 g/mol. The van der Waals surface area contributed by atoms with E-state index in [0.717, 1.165) is 24.4 Å². The van der Waals surface area contributed by atoms with Gasteiger partial charge in [-0.2, -0.15) is 0 Å². The SMILES string of the molecule is CC(C)(CNC(=O)CC1CCCN1)Cc1cccc(Cl)c1.Cl. The van der Waals surface area contributed by atoms with Crippen molar-refractivity contribution in [2.24, 2.45) is 5.41 Å². The van der Waals surface area contributed by atoms with Crippen LogP contribution < -0.4 is 10.6 Å². The van der Waals surface area contributed by atoms with Crippen molar-refractivity contribution in [1.29, 1.82) is 0 Å². The van der Waals surface area contributed by atoms with Crippen LogP contribution in [0.3, 0.4) is 0 Å². The summed E-state index contributed by atoms with van der Waals surface area (Å²) in [6, 6.07) is 8.29. The van der Waals surface area contributed by atoms with E-state index in [1.165, 1.54) is 12.0 Å². The summed E-state index contributed by atoms with van der Waals surface area (Å²) in [5.74, 6) is 0.147. The van der Waals surface area contributed by atoms with Crippen molar-refractivity contribution in [3.8, 4) is 0 Å². The lowest BCUT2D eigenvalue weighted by Crippen LogP contribution is -2.38. The highest BCUT2D eigenvalue weighted by atomic mass is 35.5. The van der Waals surface area contributed by atoms with Crippen molar-refractivity contribution in [3.63, 3.8) is 0 Å². The summed E-state index contributed by atoms with van der Waals surface area (Å²) in [7, 11) is 0. The molecule has 2 N–H and O–H groups in total. The molecule has 1 unspecified atom stereocenters. The molecule has 2 rings (SSSR count). The number of carbonyl (C=O) groups excluding carboxylic acids is 1. The smallest absolute Gasteiger partial charge is 0.221 e. The van der Waals surface area contributed by atoms with Crippen molar-refractivity contribution >= 4 is 29.9 Å². The molecule has 1 aliphatic rings. The number of halogens is 2. The van der Waals surface area contributed by atoms with Gasteiger partial charge in [0.1, 0.15) is 0 Å². The summed E-state index contributed by atoms with van der Waals surface area (Å²) >= 11 is 6.02. The summed E-state index contributed by atoms with van der Waals surface area (Å²) in [4.78, 5) is 12.0. The molecule has 1 fully saturated rings. The van der Waals surface area contributed by atoms with Gasteiger partial charge in [-0.15, -0.1) is 12.4 Å². The van der Waals surface area contributed by atoms with Crippen LogP contribution in [0.4, 0.5) is 0 Å². The molecule has 3 nitrogen and oxygen atoms in total. The summed E-state index contributed by atoms with van der Waals surface area (Å²) in [5, 5.41) is 7.19. The molecule has 0 aromatic heterocycles. The van der Waals surface area contributed by atoms with E-state index in [4.69, 9.17) is 11.6 Å². The molecule has 1 aromatic carbocycles. The monoisotopic (exact) mass is 344 g/mol. The van der Waals surface area contributed by atoms with Gasteiger partial charge in [0.2, 0.25) is 5.91 Å². The Morgan fingerprint density at radius 1 is 1.45 bits per heavy atom. The first-order valence-corrected chi connectivity index (χ1v) is 8.07. The third-order valence-corrected chi connectivity index (χ3v) is 4.17. The van der Waals surface area contributed by atoms with Crippen molar-refractivity contribution in [2.75, 3.05) is 13.1 Å². The molecule has 0 spiro atoms. The summed E-state index contributed by atoms with van der Waals surface area (Å²) in [5.41, 5.74) is 1.22. The van der Waals surface area contributed by atoms with Crippen molar-refractivity contribution in [2.45, 2.75) is 45.6 Å². The zero-order valence-corrected chi connectivity index (χ0v) is 14.9. The van der Waals surface area contributed by atoms with Gasteiger partial charge in [-0.25, -0.2) is 0 Å². The molecule has 124 valence electrons. The van der Waals surface area contributed by atoms with E-state index >= 15 is 0 Å². The Morgan fingerprint density at radius 3 is 2.86 bits per heavy atom. The Labute approximate surface area is 144 Å². The highest BCUT2D eigenvalue weighted by Gasteiger charge is 2.22. The fourth-order valence-corrected chi connectivity index (χ4v) is 3.04. The molecule has 5 heteroatoms. The zero-order valence-electron chi connectivity index (χ0n) is 13.3. The van der Waals surface area contributed by atoms with E-state index in [0.29, 0.717) is 19.0 Å². The Hall–Kier alpha value is -0.770. The average Bonchev–Trinajstić information content (AvgIpc) is 2.89. The first-order valence-electron chi connectivity index (χ1n) is 7.69. The summed E-state index contributed by atoms with van der Waals surface area (Å²) in [6.07, 6.45) is 3.78. The molecule has 1 aromatic rings. The van der Waals surface area contributed by atoms with E-state index in [9.17, 15) is 4.79 Å². The number of carbonyl (C=O) groups is 1. The number of rotatable bonds is 6. The number of hydrogen-bond acceptors (Lipinski definition) is 2. The molecule has 22 heavy (non-hydrogen) atoms. The number of nitrogens with one attached hydrogen (secondary N) is 2. The predicted octanol–water partition coefficient (Wildman–Crippen LogP) is 3.59. The van der Waals surface area contributed by atoms with Gasteiger partial charge in [0.15, 0.2) is 0 Å². The van der Waals surface area contributed by atoms with E-state index in [1.54, 1.807) is 0 Å². The molecule has 1 amide bonds. The maximum absolute atomic E-state index is 12.0. The van der Waals surface area contributed by atoms with Crippen LogP contribution in [0.25, 0.3) is 0 Å². The van der Waals surface area contributed by atoms with Crippen molar-refractivity contribution < 1.29 is 4.79 Å². The van der Waals surface area contributed by atoms with Crippen LogP contribution in [0.15, 0.2) is 24.3 Å². The molecule has 0 aliphatic carbocycles. The lowest BCUT2D eigenvalue weighted by atomic mass is 9.85. The van der Waals surface area contributed by atoms with E-state index in [-0.39, 0.29) is 23.7 Å². The molecule has 1 aliphatic heterocycles. The van der Waals surface area contributed by atoms with Gasteiger partial charge in [0, 0.05) is 24.0 Å². The van der Waals surface area contributed by atoms with Crippen LogP contribution in [-0.4, -0.2) is 25.0 Å². The molecule has 0 bridgehead atoms. The fraction of sp³-hybridized carbons (Fsp3) is 0.588. The van der Waals surface area contributed by atoms with Crippen LogP contribution in [0.5, 0.6) is 0 Å². The molecule has 1 heterocycles. The minimum Gasteiger partial charge on any atom is -0.356 e. The number of amides is 1. The molecular formula is C17H26Cl2N2O. The minimum absolute atomic E-state index is 0. The van der Waals surface area contributed by atoms with Gasteiger partial charge in [-0.3, -0.25) is 4.79 Å². The van der Waals surface area contributed by atoms with Crippen LogP contribution in [0.1, 0.15) is 38.7 Å². The maximum Gasteiger partial charge on any atom is 0.221 e. The van der Waals surface area contributed by atoms with Crippen molar-refractivity contribution in [1.82, 2.24) is 10.6 Å². The number of benzene rings is 1. The minimum atomic E-state index is 0. The van der Waals surface area contributed by atoms with Crippen molar-refractivity contribution in [3.05, 3.63) is 34.9 Å². The van der Waals surface area contributed by atoms with Gasteiger partial charge < -0.3 is 10.6 Å². The Morgan fingerprint density at radius 2 is 2.23 bits per heavy atom. The van der Waals surface area contributed by atoms with Crippen LogP contribution in [0, 0.1) is 5.41 Å². The van der Waals surface area contributed by atoms with E-state index in [1.807, 2.05) is 18.2 Å². The standard InChI is InChI=1S/C17H25ClN2O.ClH/c1-17(2,11-13-5-3-6-14(18)9-13)12-20-16(21)10-15-7-4-8-19-15;/h3,5-6,9,15,19H,4,7-8,10-12H2,1-2H3,(H,20,21);1H. The van der Waals surface area contributed by atoms with E-state index in [2.05, 4.69) is 30.5 Å². The van der Waals surface area contributed by atoms with Gasteiger partial charge in [0.25, 0.3) is 0 Å². The summed E-state index contributed by atoms with van der Waals surface area (Å²) in [6.45, 7) is 6.06. The zero-order chi connectivity index (χ0) is 15.3. The third-order valence-electron chi connectivity index (χ3n) is 3.93. The highest BCUT2D eigenvalue weighted by molar-refractivity contribution is 6.30. The fourth-order valence-electron chi connectivity index (χ4n) is 2.83. The molecule has 1 atom stereocenters. The van der Waals surface area contributed by atoms with Gasteiger partial charge >= 0.3 is 0 Å². The largest absolute Gasteiger partial charge is 0.356 e. The first kappa shape index (κ1) is 19.3. The molecule has 0 saturated carbocycles. The molecule has 0 radical (unpaired) electrons. The molecule has 1 saturated heterocycles. The van der Waals surface area contributed by atoms with Gasteiger partial charge in [-0.05, 0) is 48.9 Å². The predicted molar refractivity (Wildman–Crippen MR) is 94.8 cm³/mol. The lowest BCUT2D eigenvalue weighted by Gasteiger charge is -2.25. The Kier molecular flexibility index (Phi) is 7.67. The van der Waals surface area contributed by atoms with Gasteiger partial charge in [-0.1, -0.05) is 37.6 Å². The second kappa shape index (κ2) is 8.76.